The number of para-hydroxylation sites is 2. The molecule has 0 aliphatic carbocycles. The van der Waals surface area contributed by atoms with E-state index in [-0.39, 0.29) is 0 Å². The van der Waals surface area contributed by atoms with Crippen LogP contribution >= 0.6 is 22.7 Å². The van der Waals surface area contributed by atoms with Crippen LogP contribution in [0.2, 0.25) is 0 Å². The van der Waals surface area contributed by atoms with Gasteiger partial charge in [0.05, 0.1) is 21.5 Å². The molecule has 5 aromatic heterocycles. The smallest absolute Gasteiger partial charge is 0.164 e. The highest BCUT2D eigenvalue weighted by molar-refractivity contribution is 7.26. The molecule has 0 radical (unpaired) electrons. The molecule has 5 heterocycles. The first kappa shape index (κ1) is 32.1. The second kappa shape index (κ2) is 12.7. The Labute approximate surface area is 333 Å². The van der Waals surface area contributed by atoms with Crippen molar-refractivity contribution in [1.29, 1.82) is 0 Å². The van der Waals surface area contributed by atoms with Gasteiger partial charge in [0.2, 0.25) is 0 Å². The van der Waals surface area contributed by atoms with E-state index in [0.29, 0.717) is 23.3 Å². The Bertz CT molecular complexity index is 3480. The summed E-state index contributed by atoms with van der Waals surface area (Å²) >= 11 is 3.50. The number of nitrogens with zero attached hydrogens (tertiary/aromatic N) is 5. The number of furan rings is 1. The van der Waals surface area contributed by atoms with Gasteiger partial charge in [-0.2, -0.15) is 0 Å². The van der Waals surface area contributed by atoms with Gasteiger partial charge in [0.1, 0.15) is 11.2 Å². The number of hydrogen-bond donors (Lipinski definition) is 0. The average molecular weight is 766 g/mol. The number of thiophene rings is 2. The zero-order valence-electron chi connectivity index (χ0n) is 30.0. The maximum absolute atomic E-state index is 6.50. The SMILES string of the molecule is c1ccc(-c2nc(-c3ccccc3)nc(-c3cccc4sc5ccc(-c6nc(-c7cccc8c7oc7ccccc78)nc7c6sc6ccccc67)cc5c34)n2)cc1. The lowest BCUT2D eigenvalue weighted by Crippen LogP contribution is -2.00. The van der Waals surface area contributed by atoms with E-state index >= 15 is 0 Å². The minimum atomic E-state index is 0.633. The van der Waals surface area contributed by atoms with Gasteiger partial charge in [0.15, 0.2) is 23.3 Å². The van der Waals surface area contributed by atoms with Gasteiger partial charge in [0.25, 0.3) is 0 Å². The number of aromatic nitrogens is 5. The molecule has 266 valence electrons. The Morgan fingerprint density at radius 3 is 1.81 bits per heavy atom. The summed E-state index contributed by atoms with van der Waals surface area (Å²) in [5.41, 5.74) is 8.17. The van der Waals surface area contributed by atoms with E-state index in [9.17, 15) is 0 Å². The first-order valence-corrected chi connectivity index (χ1v) is 20.3. The number of benzene rings is 7. The minimum Gasteiger partial charge on any atom is -0.455 e. The van der Waals surface area contributed by atoms with E-state index in [1.807, 2.05) is 78.9 Å². The van der Waals surface area contributed by atoms with Crippen LogP contribution in [0.15, 0.2) is 168 Å². The normalized spacial score (nSPS) is 11.9. The van der Waals surface area contributed by atoms with Gasteiger partial charge < -0.3 is 4.42 Å². The fourth-order valence-electron chi connectivity index (χ4n) is 7.92. The van der Waals surface area contributed by atoms with Crippen LogP contribution in [0, 0.1) is 0 Å². The van der Waals surface area contributed by atoms with Gasteiger partial charge >= 0.3 is 0 Å². The zero-order chi connectivity index (χ0) is 37.5. The van der Waals surface area contributed by atoms with Crippen molar-refractivity contribution in [3.05, 3.63) is 164 Å². The van der Waals surface area contributed by atoms with Gasteiger partial charge in [-0.05, 0) is 36.4 Å². The molecular weight excluding hydrogens is 739 g/mol. The summed E-state index contributed by atoms with van der Waals surface area (Å²) < 4.78 is 11.1. The van der Waals surface area contributed by atoms with Crippen molar-refractivity contribution >= 4 is 85.1 Å². The van der Waals surface area contributed by atoms with Crippen molar-refractivity contribution < 1.29 is 4.42 Å². The van der Waals surface area contributed by atoms with Gasteiger partial charge in [-0.25, -0.2) is 24.9 Å². The molecule has 0 amide bonds. The summed E-state index contributed by atoms with van der Waals surface area (Å²) in [6, 6.07) is 56.2. The third-order valence-electron chi connectivity index (χ3n) is 10.6. The summed E-state index contributed by atoms with van der Waals surface area (Å²) in [5, 5.41) is 5.47. The maximum atomic E-state index is 6.50. The van der Waals surface area contributed by atoms with E-state index in [2.05, 4.69) is 84.9 Å². The van der Waals surface area contributed by atoms with Crippen LogP contribution in [0.1, 0.15) is 0 Å². The summed E-state index contributed by atoms with van der Waals surface area (Å²) in [4.78, 5) is 25.9. The molecule has 7 aromatic carbocycles. The van der Waals surface area contributed by atoms with E-state index in [4.69, 9.17) is 29.3 Å². The Balaban J connectivity index is 1.10. The fourth-order valence-corrected chi connectivity index (χ4v) is 10.2. The third kappa shape index (κ3) is 5.19. The molecule has 8 heteroatoms. The predicted octanol–water partition coefficient (Wildman–Crippen LogP) is 13.6. The highest BCUT2D eigenvalue weighted by Gasteiger charge is 2.22. The molecule has 0 unspecified atom stereocenters. The van der Waals surface area contributed by atoms with Gasteiger partial charge in [-0.3, -0.25) is 0 Å². The Morgan fingerprint density at radius 1 is 0.386 bits per heavy atom. The quantitative estimate of drug-likeness (QED) is 0.174. The Hall–Kier alpha value is -7.13. The highest BCUT2D eigenvalue weighted by Crippen LogP contribution is 2.45. The lowest BCUT2D eigenvalue weighted by molar-refractivity contribution is 0.669. The van der Waals surface area contributed by atoms with Crippen LogP contribution in [0.25, 0.3) is 119 Å². The zero-order valence-corrected chi connectivity index (χ0v) is 31.7. The van der Waals surface area contributed by atoms with E-state index in [1.54, 1.807) is 22.7 Å². The van der Waals surface area contributed by atoms with Gasteiger partial charge in [-0.1, -0.05) is 127 Å². The van der Waals surface area contributed by atoms with Crippen LogP contribution in [-0.2, 0) is 0 Å². The monoisotopic (exact) mass is 765 g/mol. The number of rotatable bonds is 5. The van der Waals surface area contributed by atoms with Crippen LogP contribution in [0.4, 0.5) is 0 Å². The first-order valence-electron chi connectivity index (χ1n) is 18.7. The Morgan fingerprint density at radius 2 is 1.00 bits per heavy atom. The molecule has 0 bridgehead atoms. The molecule has 0 N–H and O–H groups in total. The summed E-state index contributed by atoms with van der Waals surface area (Å²) in [6.07, 6.45) is 0. The fraction of sp³-hybridized carbons (Fsp3) is 0. The van der Waals surface area contributed by atoms with E-state index in [0.717, 1.165) is 86.5 Å². The average Bonchev–Trinajstić information content (AvgIpc) is 3.98. The van der Waals surface area contributed by atoms with Crippen LogP contribution in [0.3, 0.4) is 0 Å². The summed E-state index contributed by atoms with van der Waals surface area (Å²) in [7, 11) is 0. The molecule has 0 spiro atoms. The minimum absolute atomic E-state index is 0.633. The lowest BCUT2D eigenvalue weighted by atomic mass is 10.0. The molecule has 6 nitrogen and oxygen atoms in total. The molecule has 0 saturated carbocycles. The number of hydrogen-bond acceptors (Lipinski definition) is 8. The molecule has 0 aliphatic heterocycles. The van der Waals surface area contributed by atoms with Crippen molar-refractivity contribution in [1.82, 2.24) is 24.9 Å². The molecular formula is C49H27N5OS2. The van der Waals surface area contributed by atoms with Gasteiger partial charge in [-0.15, -0.1) is 22.7 Å². The summed E-state index contributed by atoms with van der Waals surface area (Å²) in [6.45, 7) is 0. The van der Waals surface area contributed by atoms with E-state index in [1.165, 1.54) is 9.40 Å². The molecule has 12 rings (SSSR count). The maximum Gasteiger partial charge on any atom is 0.164 e. The van der Waals surface area contributed by atoms with Crippen LogP contribution in [0.5, 0.6) is 0 Å². The molecule has 0 saturated heterocycles. The molecule has 0 atom stereocenters. The Kier molecular flexibility index (Phi) is 7.17. The van der Waals surface area contributed by atoms with Crippen molar-refractivity contribution in [2.75, 3.05) is 0 Å². The molecule has 12 aromatic rings. The highest BCUT2D eigenvalue weighted by atomic mass is 32.1. The van der Waals surface area contributed by atoms with Crippen molar-refractivity contribution in [3.8, 4) is 56.8 Å². The second-order valence-corrected chi connectivity index (χ2v) is 16.1. The van der Waals surface area contributed by atoms with Crippen molar-refractivity contribution in [2.45, 2.75) is 0 Å². The first-order chi connectivity index (χ1) is 28.2. The largest absolute Gasteiger partial charge is 0.455 e. The van der Waals surface area contributed by atoms with Crippen LogP contribution in [-0.4, -0.2) is 24.9 Å². The molecule has 57 heavy (non-hydrogen) atoms. The number of fused-ring (bicyclic) bond motifs is 9. The summed E-state index contributed by atoms with van der Waals surface area (Å²) in [5.74, 6) is 2.54. The van der Waals surface area contributed by atoms with Gasteiger partial charge in [0, 0.05) is 63.3 Å². The third-order valence-corrected chi connectivity index (χ3v) is 12.9. The standard InChI is InChI=1S/C49H27N5OS2/c1-3-13-28(14-4-1)46-52-47(29-15-5-2-6-16-29)54-48(53-46)34-20-12-24-40-41(34)36-27-30(25-26-39(36)56-40)42-45-43(33-18-8-10-23-38(33)57-45)51-49(50-42)35-21-11-19-32-31-17-7-9-22-37(31)55-44(32)35/h1-27H. The molecule has 0 aliphatic rings. The van der Waals surface area contributed by atoms with E-state index < -0.39 is 0 Å². The second-order valence-electron chi connectivity index (χ2n) is 14.0. The molecule has 0 fully saturated rings. The lowest BCUT2D eigenvalue weighted by Gasteiger charge is -2.10. The predicted molar refractivity (Wildman–Crippen MR) is 236 cm³/mol. The van der Waals surface area contributed by atoms with Crippen molar-refractivity contribution in [2.24, 2.45) is 0 Å². The van der Waals surface area contributed by atoms with Crippen LogP contribution < -0.4 is 0 Å². The topological polar surface area (TPSA) is 77.6 Å². The van der Waals surface area contributed by atoms with Crippen molar-refractivity contribution in [3.63, 3.8) is 0 Å².